The summed E-state index contributed by atoms with van der Waals surface area (Å²) < 4.78 is 11.1. The fourth-order valence-electron chi connectivity index (χ4n) is 3.47. The topological polar surface area (TPSA) is 79.9 Å². The number of benzene rings is 2. The minimum absolute atomic E-state index is 0.0213. The van der Waals surface area contributed by atoms with Crippen LogP contribution < -0.4 is 15.4 Å². The van der Waals surface area contributed by atoms with E-state index in [0.717, 1.165) is 19.3 Å². The van der Waals surface area contributed by atoms with Gasteiger partial charge in [0.1, 0.15) is 5.75 Å². The van der Waals surface area contributed by atoms with Gasteiger partial charge in [-0.2, -0.15) is 0 Å². The van der Waals surface area contributed by atoms with Gasteiger partial charge in [-0.15, -0.1) is 0 Å². The van der Waals surface area contributed by atoms with E-state index >= 15 is 0 Å². The van der Waals surface area contributed by atoms with E-state index < -0.39 is 0 Å². The van der Waals surface area contributed by atoms with Gasteiger partial charge in [-0.1, -0.05) is 38.3 Å². The third-order valence-corrected chi connectivity index (χ3v) is 5.51. The molecule has 2 aromatic carbocycles. The van der Waals surface area contributed by atoms with Crippen molar-refractivity contribution in [3.8, 4) is 5.75 Å². The van der Waals surface area contributed by atoms with Crippen molar-refractivity contribution < 1.29 is 19.1 Å². The van der Waals surface area contributed by atoms with Gasteiger partial charge in [-0.05, 0) is 55.0 Å². The lowest BCUT2D eigenvalue weighted by Gasteiger charge is -2.26. The summed E-state index contributed by atoms with van der Waals surface area (Å²) in [5.74, 6) is 0.183. The Morgan fingerprint density at radius 3 is 2.48 bits per heavy atom. The highest BCUT2D eigenvalue weighted by Gasteiger charge is 2.18. The van der Waals surface area contributed by atoms with Crippen LogP contribution in [0.2, 0.25) is 0 Å². The summed E-state index contributed by atoms with van der Waals surface area (Å²) in [6.07, 6.45) is 4.40. The van der Waals surface area contributed by atoms with E-state index in [0.29, 0.717) is 55.5 Å². The minimum atomic E-state index is -0.337. The van der Waals surface area contributed by atoms with Crippen LogP contribution in [-0.2, 0) is 4.74 Å². The number of nitrogens with one attached hydrogen (secondary N) is 2. The summed E-state index contributed by atoms with van der Waals surface area (Å²) in [5, 5.41) is 5.86. The monoisotopic (exact) mass is 469 g/mol. The van der Waals surface area contributed by atoms with Crippen LogP contribution in [0.1, 0.15) is 53.3 Å². The number of unbranched alkanes of at least 4 members (excludes halogenated alkanes) is 3. The van der Waals surface area contributed by atoms with E-state index in [1.807, 2.05) is 6.07 Å². The number of para-hydroxylation sites is 1. The third kappa shape index (κ3) is 7.54. The molecule has 2 N–H and O–H groups in total. The molecule has 0 bridgehead atoms. The smallest absolute Gasteiger partial charge is 0.261 e. The van der Waals surface area contributed by atoms with E-state index in [1.165, 1.54) is 6.42 Å². The fourth-order valence-corrected chi connectivity index (χ4v) is 3.68. The van der Waals surface area contributed by atoms with Crippen molar-refractivity contribution >= 4 is 34.8 Å². The Morgan fingerprint density at radius 2 is 1.76 bits per heavy atom. The van der Waals surface area contributed by atoms with Gasteiger partial charge >= 0.3 is 0 Å². The molecule has 0 radical (unpaired) electrons. The molecule has 1 fully saturated rings. The molecule has 2 amide bonds. The molecule has 0 aromatic heterocycles. The zero-order valence-electron chi connectivity index (χ0n) is 19.0. The number of anilines is 1. The lowest BCUT2D eigenvalue weighted by atomic mass is 10.1. The molecule has 176 valence electrons. The zero-order valence-corrected chi connectivity index (χ0v) is 19.8. The molecule has 1 heterocycles. The van der Waals surface area contributed by atoms with Crippen LogP contribution in [0.25, 0.3) is 0 Å². The van der Waals surface area contributed by atoms with Gasteiger partial charge in [-0.25, -0.2) is 0 Å². The first-order chi connectivity index (χ1) is 16.1. The average Bonchev–Trinajstić information content (AvgIpc) is 2.84. The maximum atomic E-state index is 12.7. The summed E-state index contributed by atoms with van der Waals surface area (Å²) in [7, 11) is 0. The van der Waals surface area contributed by atoms with Crippen molar-refractivity contribution in [3.05, 3.63) is 59.7 Å². The normalized spacial score (nSPS) is 13.3. The van der Waals surface area contributed by atoms with Crippen LogP contribution in [0.4, 0.5) is 5.69 Å². The number of hydrogen-bond acceptors (Lipinski definition) is 5. The van der Waals surface area contributed by atoms with Crippen LogP contribution in [0.5, 0.6) is 5.75 Å². The Bertz CT molecular complexity index is 943. The van der Waals surface area contributed by atoms with Gasteiger partial charge in [0.05, 0.1) is 25.4 Å². The molecular formula is C25H31N3O4S. The summed E-state index contributed by atoms with van der Waals surface area (Å²) in [6.45, 7) is 5.05. The molecule has 3 rings (SSSR count). The predicted molar refractivity (Wildman–Crippen MR) is 133 cm³/mol. The van der Waals surface area contributed by atoms with Crippen LogP contribution in [-0.4, -0.2) is 54.7 Å². The highest BCUT2D eigenvalue weighted by atomic mass is 32.1. The molecular weight excluding hydrogens is 438 g/mol. The Hall–Kier alpha value is -2.97. The van der Waals surface area contributed by atoms with Crippen molar-refractivity contribution in [2.45, 2.75) is 32.6 Å². The van der Waals surface area contributed by atoms with E-state index in [2.05, 4.69) is 17.6 Å². The first-order valence-electron chi connectivity index (χ1n) is 11.4. The third-order valence-electron chi connectivity index (χ3n) is 5.30. The SMILES string of the molecule is CCCCCCOc1ccccc1C(=O)NC(=S)Nc1ccc(C(=O)N2CCOCC2)cc1. The summed E-state index contributed by atoms with van der Waals surface area (Å²) in [4.78, 5) is 27.1. The van der Waals surface area contributed by atoms with Crippen LogP contribution in [0, 0.1) is 0 Å². The summed E-state index contributed by atoms with van der Waals surface area (Å²) in [6, 6.07) is 14.1. The molecule has 0 saturated carbocycles. The van der Waals surface area contributed by atoms with Gasteiger partial charge in [0.2, 0.25) is 0 Å². The molecule has 33 heavy (non-hydrogen) atoms. The quantitative estimate of drug-likeness (QED) is 0.422. The average molecular weight is 470 g/mol. The zero-order chi connectivity index (χ0) is 23.5. The Kier molecular flexibility index (Phi) is 9.65. The highest BCUT2D eigenvalue weighted by Crippen LogP contribution is 2.19. The Labute approximate surface area is 200 Å². The predicted octanol–water partition coefficient (Wildman–Crippen LogP) is 4.24. The van der Waals surface area contributed by atoms with Crippen molar-refractivity contribution in [2.24, 2.45) is 0 Å². The second kappa shape index (κ2) is 12.9. The largest absolute Gasteiger partial charge is 0.493 e. The van der Waals surface area contributed by atoms with Crippen molar-refractivity contribution in [1.82, 2.24) is 10.2 Å². The standard InChI is InChI=1S/C25H31N3O4S/c1-2-3-4-7-16-32-22-9-6-5-8-21(22)23(29)27-25(33)26-20-12-10-19(11-13-20)24(30)28-14-17-31-18-15-28/h5-6,8-13H,2-4,7,14-18H2,1H3,(H2,26,27,29,33). The molecule has 1 saturated heterocycles. The first kappa shape index (κ1) is 24.7. The van der Waals surface area contributed by atoms with Gasteiger partial charge in [0.25, 0.3) is 11.8 Å². The number of nitrogens with zero attached hydrogens (tertiary/aromatic N) is 1. The van der Waals surface area contributed by atoms with Crippen LogP contribution in [0.3, 0.4) is 0 Å². The number of ether oxygens (including phenoxy) is 2. The second-order valence-electron chi connectivity index (χ2n) is 7.80. The number of hydrogen-bond donors (Lipinski definition) is 2. The van der Waals surface area contributed by atoms with Gasteiger partial charge < -0.3 is 19.7 Å². The number of carbonyl (C=O) groups is 2. The molecule has 1 aliphatic rings. The summed E-state index contributed by atoms with van der Waals surface area (Å²) in [5.41, 5.74) is 1.71. The van der Waals surface area contributed by atoms with E-state index in [1.54, 1.807) is 47.4 Å². The maximum Gasteiger partial charge on any atom is 0.261 e. The molecule has 0 unspecified atom stereocenters. The lowest BCUT2D eigenvalue weighted by Crippen LogP contribution is -2.40. The number of thiocarbonyl (C=S) groups is 1. The fraction of sp³-hybridized carbons (Fsp3) is 0.400. The highest BCUT2D eigenvalue weighted by molar-refractivity contribution is 7.80. The Morgan fingerprint density at radius 1 is 1.03 bits per heavy atom. The lowest BCUT2D eigenvalue weighted by molar-refractivity contribution is 0.0303. The molecule has 0 atom stereocenters. The van der Waals surface area contributed by atoms with E-state index in [-0.39, 0.29) is 16.9 Å². The van der Waals surface area contributed by atoms with Crippen molar-refractivity contribution in [2.75, 3.05) is 38.2 Å². The Balaban J connectivity index is 1.52. The molecule has 2 aromatic rings. The van der Waals surface area contributed by atoms with Gasteiger partial charge in [-0.3, -0.25) is 14.9 Å². The number of rotatable bonds is 9. The molecule has 1 aliphatic heterocycles. The van der Waals surface area contributed by atoms with Crippen molar-refractivity contribution in [1.29, 1.82) is 0 Å². The van der Waals surface area contributed by atoms with Crippen LogP contribution in [0.15, 0.2) is 48.5 Å². The van der Waals surface area contributed by atoms with E-state index in [4.69, 9.17) is 21.7 Å². The van der Waals surface area contributed by atoms with E-state index in [9.17, 15) is 9.59 Å². The number of amides is 2. The first-order valence-corrected chi connectivity index (χ1v) is 11.8. The number of morpholine rings is 1. The maximum absolute atomic E-state index is 12.7. The molecule has 0 aliphatic carbocycles. The number of carbonyl (C=O) groups excluding carboxylic acids is 2. The summed E-state index contributed by atoms with van der Waals surface area (Å²) >= 11 is 5.30. The minimum Gasteiger partial charge on any atom is -0.493 e. The molecule has 0 spiro atoms. The van der Waals surface area contributed by atoms with Crippen LogP contribution >= 0.6 is 12.2 Å². The van der Waals surface area contributed by atoms with Crippen molar-refractivity contribution in [3.63, 3.8) is 0 Å². The molecule has 8 heteroatoms. The van der Waals surface area contributed by atoms with Gasteiger partial charge in [0.15, 0.2) is 5.11 Å². The molecule has 7 nitrogen and oxygen atoms in total. The second-order valence-corrected chi connectivity index (χ2v) is 8.20. The van der Waals surface area contributed by atoms with Gasteiger partial charge in [0, 0.05) is 24.3 Å².